The quantitative estimate of drug-likeness (QED) is 0.699. The van der Waals surface area contributed by atoms with Crippen molar-refractivity contribution in [2.45, 2.75) is 26.7 Å². The average molecular weight is 283 g/mol. The Hall–Kier alpha value is -2.02. The summed E-state index contributed by atoms with van der Waals surface area (Å²) < 4.78 is 0. The van der Waals surface area contributed by atoms with Crippen molar-refractivity contribution in [2.24, 2.45) is 5.41 Å². The van der Waals surface area contributed by atoms with E-state index in [1.807, 2.05) is 0 Å². The molecule has 1 radical (unpaired) electrons. The molecule has 1 atom stereocenters. The highest BCUT2D eigenvalue weighted by molar-refractivity contribution is 6.67. The van der Waals surface area contributed by atoms with Gasteiger partial charge in [-0.25, -0.2) is 0 Å². The maximum atomic E-state index is 2.41. The van der Waals surface area contributed by atoms with Crippen LogP contribution in [0.5, 0.6) is 0 Å². The summed E-state index contributed by atoms with van der Waals surface area (Å²) in [6, 6.07) is 8.71. The van der Waals surface area contributed by atoms with Gasteiger partial charge in [0.2, 0.25) is 0 Å². The molecule has 0 amide bonds. The first kappa shape index (κ1) is 13.6. The second-order valence-corrected chi connectivity index (χ2v) is 6.55. The van der Waals surface area contributed by atoms with Crippen LogP contribution < -0.4 is 5.46 Å². The largest absolute Gasteiger partial charge is 0.193 e. The Kier molecular flexibility index (Phi) is 3.11. The lowest BCUT2D eigenvalue weighted by atomic mass is 9.65. The Morgan fingerprint density at radius 3 is 2.95 bits per heavy atom. The Bertz CT molecular complexity index is 786. The molecule has 1 heteroatoms. The van der Waals surface area contributed by atoms with E-state index >= 15 is 0 Å². The summed E-state index contributed by atoms with van der Waals surface area (Å²) in [6.45, 7) is 4.57. The van der Waals surface area contributed by atoms with Crippen molar-refractivity contribution in [3.05, 3.63) is 82.9 Å². The molecule has 0 spiro atoms. The standard InChI is InChI=1S/C21H20B/c1-3-4-8-16-14-20-18(13-15-9-7-12-21(15,16)2)17-10-5-6-11-19(17)22-20/h4-11,13-14H,3,12H2,1-2H3/b8-4-/t21-/m0/s1. The van der Waals surface area contributed by atoms with E-state index in [-0.39, 0.29) is 5.41 Å². The highest BCUT2D eigenvalue weighted by Gasteiger charge is 2.36. The van der Waals surface area contributed by atoms with E-state index in [1.165, 1.54) is 33.2 Å². The normalized spacial score (nSPS) is 25.4. The SMILES string of the molecule is CC/C=C\C1=CC2=C(C=C3C=CC[C@@]31C)c1ccccc1[B]2. The van der Waals surface area contributed by atoms with Gasteiger partial charge in [0, 0.05) is 5.41 Å². The van der Waals surface area contributed by atoms with Crippen LogP contribution in [0.15, 0.2) is 77.3 Å². The minimum absolute atomic E-state index is 0.124. The molecule has 0 N–H and O–H groups in total. The smallest absolute Gasteiger partial charge is 0.0845 e. The molecule has 0 aromatic heterocycles. The molecule has 0 saturated heterocycles. The van der Waals surface area contributed by atoms with Crippen molar-refractivity contribution in [1.29, 1.82) is 0 Å². The number of hydrogen-bond acceptors (Lipinski definition) is 0. The molecule has 1 aromatic carbocycles. The predicted octanol–water partition coefficient (Wildman–Crippen LogP) is 4.54. The van der Waals surface area contributed by atoms with E-state index in [2.05, 4.69) is 81.8 Å². The molecule has 0 unspecified atom stereocenters. The highest BCUT2D eigenvalue weighted by Crippen LogP contribution is 2.48. The van der Waals surface area contributed by atoms with Crippen molar-refractivity contribution >= 4 is 18.3 Å². The lowest BCUT2D eigenvalue weighted by Gasteiger charge is -2.27. The van der Waals surface area contributed by atoms with Gasteiger partial charge in [0.25, 0.3) is 0 Å². The zero-order valence-electron chi connectivity index (χ0n) is 13.3. The Morgan fingerprint density at radius 2 is 2.09 bits per heavy atom. The lowest BCUT2D eigenvalue weighted by molar-refractivity contribution is 0.531. The van der Waals surface area contributed by atoms with E-state index in [1.54, 1.807) is 0 Å². The third-order valence-electron chi connectivity index (χ3n) is 5.11. The van der Waals surface area contributed by atoms with Crippen molar-refractivity contribution in [1.82, 2.24) is 0 Å². The van der Waals surface area contributed by atoms with Gasteiger partial charge in [-0.1, -0.05) is 85.5 Å². The predicted molar refractivity (Wildman–Crippen MR) is 96.2 cm³/mol. The number of allylic oxidation sites excluding steroid dienone is 10. The van der Waals surface area contributed by atoms with Gasteiger partial charge < -0.3 is 0 Å². The minimum Gasteiger partial charge on any atom is -0.0845 e. The Morgan fingerprint density at radius 1 is 1.23 bits per heavy atom. The van der Waals surface area contributed by atoms with Crippen LogP contribution in [-0.4, -0.2) is 7.28 Å². The molecule has 22 heavy (non-hydrogen) atoms. The Balaban J connectivity index is 1.91. The van der Waals surface area contributed by atoms with E-state index in [0.29, 0.717) is 0 Å². The first-order valence-electron chi connectivity index (χ1n) is 8.18. The van der Waals surface area contributed by atoms with E-state index in [0.717, 1.165) is 12.8 Å². The summed E-state index contributed by atoms with van der Waals surface area (Å²) >= 11 is 0. The van der Waals surface area contributed by atoms with E-state index < -0.39 is 0 Å². The van der Waals surface area contributed by atoms with Crippen molar-refractivity contribution in [2.75, 3.05) is 0 Å². The molecule has 3 aliphatic rings. The third-order valence-corrected chi connectivity index (χ3v) is 5.11. The summed E-state index contributed by atoms with van der Waals surface area (Å²) in [7, 11) is 2.33. The summed E-state index contributed by atoms with van der Waals surface area (Å²) in [5.41, 5.74) is 8.43. The number of rotatable bonds is 2. The number of hydrogen-bond donors (Lipinski definition) is 0. The van der Waals surface area contributed by atoms with Crippen LogP contribution in [0.2, 0.25) is 0 Å². The molecule has 2 aliphatic carbocycles. The van der Waals surface area contributed by atoms with Crippen LogP contribution in [0.1, 0.15) is 32.3 Å². The van der Waals surface area contributed by atoms with E-state index in [9.17, 15) is 0 Å². The molecule has 1 aliphatic heterocycles. The maximum absolute atomic E-state index is 2.41. The van der Waals surface area contributed by atoms with Gasteiger partial charge in [-0.3, -0.25) is 0 Å². The van der Waals surface area contributed by atoms with Gasteiger partial charge in [-0.2, -0.15) is 0 Å². The molecule has 4 rings (SSSR count). The fraction of sp³-hybridized carbons (Fsp3) is 0.238. The van der Waals surface area contributed by atoms with Crippen molar-refractivity contribution in [3.8, 4) is 0 Å². The molecule has 0 saturated carbocycles. The first-order valence-corrected chi connectivity index (χ1v) is 8.18. The molecule has 0 fully saturated rings. The summed E-state index contributed by atoms with van der Waals surface area (Å²) in [4.78, 5) is 0. The summed E-state index contributed by atoms with van der Waals surface area (Å²) in [5, 5.41) is 0. The molecule has 0 bridgehead atoms. The zero-order chi connectivity index (χ0) is 15.2. The zero-order valence-corrected chi connectivity index (χ0v) is 13.3. The molecular weight excluding hydrogens is 263 g/mol. The molecule has 1 heterocycles. The number of fused-ring (bicyclic) bond motifs is 3. The summed E-state index contributed by atoms with van der Waals surface area (Å²) in [5.74, 6) is 0. The van der Waals surface area contributed by atoms with Crippen LogP contribution >= 0.6 is 0 Å². The molecule has 0 nitrogen and oxygen atoms in total. The second kappa shape index (κ2) is 5.02. The van der Waals surface area contributed by atoms with Gasteiger partial charge in [0.15, 0.2) is 7.28 Å². The van der Waals surface area contributed by atoms with Crippen LogP contribution in [0.25, 0.3) is 5.57 Å². The van der Waals surface area contributed by atoms with Crippen LogP contribution in [-0.2, 0) is 0 Å². The van der Waals surface area contributed by atoms with Gasteiger partial charge in [-0.05, 0) is 35.1 Å². The molecule has 1 aromatic rings. The topological polar surface area (TPSA) is 0 Å². The lowest BCUT2D eigenvalue weighted by Crippen LogP contribution is -2.18. The monoisotopic (exact) mass is 283 g/mol. The Labute approximate surface area is 133 Å². The minimum atomic E-state index is 0.124. The fourth-order valence-corrected chi connectivity index (χ4v) is 3.72. The maximum Gasteiger partial charge on any atom is 0.193 e. The van der Waals surface area contributed by atoms with Gasteiger partial charge >= 0.3 is 0 Å². The van der Waals surface area contributed by atoms with Crippen molar-refractivity contribution in [3.63, 3.8) is 0 Å². The second-order valence-electron chi connectivity index (χ2n) is 6.55. The summed E-state index contributed by atoms with van der Waals surface area (Å²) in [6.07, 6.45) is 16.2. The molecule has 107 valence electrons. The fourth-order valence-electron chi connectivity index (χ4n) is 3.72. The third kappa shape index (κ3) is 1.92. The van der Waals surface area contributed by atoms with Gasteiger partial charge in [0.05, 0.1) is 0 Å². The number of benzene rings is 1. The van der Waals surface area contributed by atoms with Crippen LogP contribution in [0, 0.1) is 5.41 Å². The van der Waals surface area contributed by atoms with Crippen molar-refractivity contribution < 1.29 is 0 Å². The highest BCUT2D eigenvalue weighted by atomic mass is 14.4. The molecular formula is C21H20B. The van der Waals surface area contributed by atoms with Crippen LogP contribution in [0.3, 0.4) is 0 Å². The van der Waals surface area contributed by atoms with Gasteiger partial charge in [0.1, 0.15) is 0 Å². The first-order chi connectivity index (χ1) is 10.7. The van der Waals surface area contributed by atoms with Gasteiger partial charge in [-0.15, -0.1) is 0 Å². The van der Waals surface area contributed by atoms with Crippen LogP contribution in [0.4, 0.5) is 0 Å². The average Bonchev–Trinajstić information content (AvgIpc) is 3.04. The van der Waals surface area contributed by atoms with E-state index in [4.69, 9.17) is 0 Å².